The van der Waals surface area contributed by atoms with Crippen LogP contribution in [-0.4, -0.2) is 24.2 Å². The number of methoxy groups -OCH3 is 1. The molecule has 0 aliphatic heterocycles. The molecule has 1 saturated carbocycles. The fourth-order valence-corrected chi connectivity index (χ4v) is 2.66. The van der Waals surface area contributed by atoms with Gasteiger partial charge in [0.25, 0.3) is 0 Å². The van der Waals surface area contributed by atoms with E-state index in [1.807, 2.05) is 0 Å². The van der Waals surface area contributed by atoms with E-state index in [0.29, 0.717) is 29.9 Å². The second-order valence-electron chi connectivity index (χ2n) is 5.53. The molecule has 0 unspecified atom stereocenters. The van der Waals surface area contributed by atoms with Gasteiger partial charge in [0.05, 0.1) is 13.7 Å². The van der Waals surface area contributed by atoms with Crippen molar-refractivity contribution >= 4 is 5.96 Å². The van der Waals surface area contributed by atoms with E-state index in [2.05, 4.69) is 10.3 Å². The first-order chi connectivity index (χ1) is 10.2. The molecule has 4 N–H and O–H groups in total. The molecule has 0 heterocycles. The van der Waals surface area contributed by atoms with Gasteiger partial charge in [0.1, 0.15) is 11.5 Å². The summed E-state index contributed by atoms with van der Waals surface area (Å²) in [6.07, 6.45) is 7.43. The van der Waals surface area contributed by atoms with Crippen LogP contribution in [0.15, 0.2) is 23.2 Å². The molecule has 0 aromatic heterocycles. The van der Waals surface area contributed by atoms with Crippen molar-refractivity contribution in [2.75, 3.05) is 7.11 Å². The summed E-state index contributed by atoms with van der Waals surface area (Å²) in [6, 6.07) is 5.53. The number of phenols is 1. The Labute approximate surface area is 126 Å². The number of phenolic OH excluding ortho intramolecular Hbond substituents is 1. The average molecular weight is 291 g/mol. The van der Waals surface area contributed by atoms with Gasteiger partial charge in [0, 0.05) is 11.6 Å². The van der Waals surface area contributed by atoms with Crippen molar-refractivity contribution in [3.8, 4) is 11.5 Å². The number of rotatable bonds is 4. The highest BCUT2D eigenvalue weighted by atomic mass is 16.5. The normalized spacial score (nSPS) is 17.3. The maximum absolute atomic E-state index is 9.82. The zero-order valence-electron chi connectivity index (χ0n) is 12.6. The van der Waals surface area contributed by atoms with Gasteiger partial charge < -0.3 is 20.9 Å². The van der Waals surface area contributed by atoms with Crippen molar-refractivity contribution < 1.29 is 9.84 Å². The first kappa shape index (κ1) is 15.5. The molecule has 0 saturated heterocycles. The molecule has 0 bridgehead atoms. The standard InChI is InChI=1S/C16H25N3O2/c1-21-14-8-9-15(20)12(10-14)11-18-16(17)19-13-6-4-2-3-5-7-13/h8-10,13,20H,2-7,11H2,1H3,(H3,17,18,19). The summed E-state index contributed by atoms with van der Waals surface area (Å²) in [7, 11) is 1.60. The molecule has 2 rings (SSSR count). The molecule has 0 spiro atoms. The Morgan fingerprint density at radius 1 is 1.33 bits per heavy atom. The van der Waals surface area contributed by atoms with Crippen molar-refractivity contribution in [1.29, 1.82) is 0 Å². The lowest BCUT2D eigenvalue weighted by molar-refractivity contribution is 0.411. The molecular formula is C16H25N3O2. The van der Waals surface area contributed by atoms with Crippen LogP contribution in [0.1, 0.15) is 44.1 Å². The van der Waals surface area contributed by atoms with E-state index in [0.717, 1.165) is 12.8 Å². The van der Waals surface area contributed by atoms with Crippen molar-refractivity contribution in [2.24, 2.45) is 10.7 Å². The fraction of sp³-hybridized carbons (Fsp3) is 0.562. The predicted octanol–water partition coefficient (Wildman–Crippen LogP) is 2.53. The van der Waals surface area contributed by atoms with Crippen molar-refractivity contribution in [1.82, 2.24) is 5.32 Å². The van der Waals surface area contributed by atoms with E-state index in [1.165, 1.54) is 25.7 Å². The van der Waals surface area contributed by atoms with Crippen LogP contribution < -0.4 is 15.8 Å². The average Bonchev–Trinajstić information content (AvgIpc) is 2.75. The fourth-order valence-electron chi connectivity index (χ4n) is 2.66. The second-order valence-corrected chi connectivity index (χ2v) is 5.53. The Kier molecular flexibility index (Phi) is 5.72. The molecule has 1 fully saturated rings. The summed E-state index contributed by atoms with van der Waals surface area (Å²) in [6.45, 7) is 0.342. The topological polar surface area (TPSA) is 79.9 Å². The number of nitrogens with two attached hydrogens (primary N) is 1. The van der Waals surface area contributed by atoms with Crippen LogP contribution in [0.25, 0.3) is 0 Å². The van der Waals surface area contributed by atoms with Crippen molar-refractivity contribution in [3.05, 3.63) is 23.8 Å². The predicted molar refractivity (Wildman–Crippen MR) is 84.6 cm³/mol. The van der Waals surface area contributed by atoms with Crippen molar-refractivity contribution in [2.45, 2.75) is 51.1 Å². The van der Waals surface area contributed by atoms with Crippen LogP contribution in [0.5, 0.6) is 11.5 Å². The minimum Gasteiger partial charge on any atom is -0.508 e. The monoisotopic (exact) mass is 291 g/mol. The highest BCUT2D eigenvalue weighted by Crippen LogP contribution is 2.23. The van der Waals surface area contributed by atoms with E-state index in [-0.39, 0.29) is 5.75 Å². The first-order valence-electron chi connectivity index (χ1n) is 7.61. The molecule has 0 radical (unpaired) electrons. The number of nitrogens with one attached hydrogen (secondary N) is 1. The zero-order valence-corrected chi connectivity index (χ0v) is 12.6. The number of hydrogen-bond donors (Lipinski definition) is 3. The molecule has 21 heavy (non-hydrogen) atoms. The Morgan fingerprint density at radius 3 is 2.71 bits per heavy atom. The Hall–Kier alpha value is -1.91. The Morgan fingerprint density at radius 2 is 2.05 bits per heavy atom. The molecule has 5 heteroatoms. The lowest BCUT2D eigenvalue weighted by Gasteiger charge is -2.16. The highest BCUT2D eigenvalue weighted by Gasteiger charge is 2.12. The van der Waals surface area contributed by atoms with Gasteiger partial charge in [-0.15, -0.1) is 0 Å². The summed E-state index contributed by atoms with van der Waals surface area (Å²) in [5.74, 6) is 1.36. The molecule has 5 nitrogen and oxygen atoms in total. The molecule has 0 amide bonds. The van der Waals surface area contributed by atoms with Crippen LogP contribution in [0.3, 0.4) is 0 Å². The van der Waals surface area contributed by atoms with Crippen LogP contribution in [0.2, 0.25) is 0 Å². The number of aliphatic imine (C=N–C) groups is 1. The molecule has 1 aliphatic rings. The molecule has 1 aromatic carbocycles. The van der Waals surface area contributed by atoms with Gasteiger partial charge in [0.2, 0.25) is 0 Å². The lowest BCUT2D eigenvalue weighted by atomic mass is 10.1. The minimum absolute atomic E-state index is 0.210. The summed E-state index contributed by atoms with van der Waals surface area (Å²) in [4.78, 5) is 4.32. The quantitative estimate of drug-likeness (QED) is 0.452. The summed E-state index contributed by atoms with van der Waals surface area (Å²) in [5.41, 5.74) is 6.66. The van der Waals surface area contributed by atoms with Gasteiger partial charge in [-0.05, 0) is 31.0 Å². The van der Waals surface area contributed by atoms with Crippen LogP contribution in [-0.2, 0) is 6.54 Å². The SMILES string of the molecule is COc1ccc(O)c(CN=C(N)NC2CCCCCC2)c1. The lowest BCUT2D eigenvalue weighted by Crippen LogP contribution is -2.39. The van der Waals surface area contributed by atoms with E-state index in [9.17, 15) is 5.11 Å². The first-order valence-corrected chi connectivity index (χ1v) is 7.61. The second kappa shape index (κ2) is 7.76. The van der Waals surface area contributed by atoms with Crippen LogP contribution in [0, 0.1) is 0 Å². The van der Waals surface area contributed by atoms with Crippen LogP contribution >= 0.6 is 0 Å². The summed E-state index contributed by atoms with van der Waals surface area (Å²) < 4.78 is 5.15. The molecular weight excluding hydrogens is 266 g/mol. The van der Waals surface area contributed by atoms with Gasteiger partial charge in [0.15, 0.2) is 5.96 Å². The highest BCUT2D eigenvalue weighted by molar-refractivity contribution is 5.78. The van der Waals surface area contributed by atoms with Gasteiger partial charge in [-0.2, -0.15) is 0 Å². The number of nitrogens with zero attached hydrogens (tertiary/aromatic N) is 1. The van der Waals surface area contributed by atoms with E-state index >= 15 is 0 Å². The van der Waals surface area contributed by atoms with Gasteiger partial charge in [-0.1, -0.05) is 25.7 Å². The molecule has 116 valence electrons. The smallest absolute Gasteiger partial charge is 0.189 e. The zero-order chi connectivity index (χ0) is 15.1. The summed E-state index contributed by atoms with van der Waals surface area (Å²) in [5, 5.41) is 13.1. The van der Waals surface area contributed by atoms with Gasteiger partial charge >= 0.3 is 0 Å². The minimum atomic E-state index is 0.210. The molecule has 1 aromatic rings. The van der Waals surface area contributed by atoms with E-state index in [1.54, 1.807) is 25.3 Å². The summed E-state index contributed by atoms with van der Waals surface area (Å²) >= 11 is 0. The number of benzene rings is 1. The van der Waals surface area contributed by atoms with Gasteiger partial charge in [-0.25, -0.2) is 4.99 Å². The van der Waals surface area contributed by atoms with Gasteiger partial charge in [-0.3, -0.25) is 0 Å². The Bertz CT molecular complexity index is 480. The third-order valence-corrected chi connectivity index (χ3v) is 3.91. The number of guanidine groups is 1. The third-order valence-electron chi connectivity index (χ3n) is 3.91. The maximum Gasteiger partial charge on any atom is 0.189 e. The van der Waals surface area contributed by atoms with Crippen LogP contribution in [0.4, 0.5) is 0 Å². The number of aromatic hydroxyl groups is 1. The third kappa shape index (κ3) is 4.85. The van der Waals surface area contributed by atoms with E-state index in [4.69, 9.17) is 10.5 Å². The number of ether oxygens (including phenoxy) is 1. The largest absolute Gasteiger partial charge is 0.508 e. The Balaban J connectivity index is 1.93. The molecule has 1 aliphatic carbocycles. The molecule has 0 atom stereocenters. The van der Waals surface area contributed by atoms with E-state index < -0.39 is 0 Å². The van der Waals surface area contributed by atoms with Crippen molar-refractivity contribution in [3.63, 3.8) is 0 Å². The number of hydrogen-bond acceptors (Lipinski definition) is 3. The maximum atomic E-state index is 9.82.